The van der Waals surface area contributed by atoms with Gasteiger partial charge in [0.05, 0.1) is 0 Å². The van der Waals surface area contributed by atoms with Crippen LogP contribution in [-0.4, -0.2) is 12.7 Å². The van der Waals surface area contributed by atoms with Gasteiger partial charge in [-0.25, -0.2) is 0 Å². The molecule has 2 N–H and O–H groups in total. The Morgan fingerprint density at radius 3 is 2.25 bits per heavy atom. The zero-order valence-corrected chi connectivity index (χ0v) is 9.69. The van der Waals surface area contributed by atoms with E-state index < -0.39 is 11.7 Å². The van der Waals surface area contributed by atoms with Crippen molar-refractivity contribution in [1.82, 2.24) is 0 Å². The molecule has 0 aromatic carbocycles. The second kappa shape index (κ2) is 6.53. The van der Waals surface area contributed by atoms with Crippen molar-refractivity contribution in [2.75, 3.05) is 6.54 Å². The maximum Gasteiger partial charge on any atom is 0.412 e. The summed E-state index contributed by atoms with van der Waals surface area (Å²) < 4.78 is 36.6. The van der Waals surface area contributed by atoms with Gasteiger partial charge in [0.1, 0.15) is 0 Å². The number of rotatable bonds is 5. The van der Waals surface area contributed by atoms with Crippen LogP contribution in [0.5, 0.6) is 0 Å². The Labute approximate surface area is 94.5 Å². The van der Waals surface area contributed by atoms with Crippen LogP contribution in [0.1, 0.15) is 26.7 Å². The highest BCUT2D eigenvalue weighted by Crippen LogP contribution is 2.26. The highest BCUT2D eigenvalue weighted by Gasteiger charge is 2.29. The summed E-state index contributed by atoms with van der Waals surface area (Å²) in [6.07, 6.45) is 0.0313. The van der Waals surface area contributed by atoms with Crippen molar-refractivity contribution in [3.8, 4) is 0 Å². The van der Waals surface area contributed by atoms with Crippen LogP contribution in [0.3, 0.4) is 0 Å². The first kappa shape index (κ1) is 15.0. The predicted molar refractivity (Wildman–Crippen MR) is 61.0 cm³/mol. The molecule has 0 rings (SSSR count). The standard InChI is InChI=1S/C12H18F3N/c1-9(5-4-6-16)7-10(2)8-11(3)12(13,14)15/h7-8H,1,4-6,16H2,2-3H3/b10-7-,11-8+. The molecule has 92 valence electrons. The van der Waals surface area contributed by atoms with Crippen molar-refractivity contribution >= 4 is 0 Å². The average molecular weight is 233 g/mol. The van der Waals surface area contributed by atoms with Gasteiger partial charge in [-0.15, -0.1) is 0 Å². The van der Waals surface area contributed by atoms with Crippen LogP contribution in [0.25, 0.3) is 0 Å². The minimum Gasteiger partial charge on any atom is -0.330 e. The monoisotopic (exact) mass is 233 g/mol. The first-order valence-corrected chi connectivity index (χ1v) is 5.09. The number of allylic oxidation sites excluding steroid dienone is 5. The fraction of sp³-hybridized carbons (Fsp3) is 0.500. The van der Waals surface area contributed by atoms with Gasteiger partial charge in [0.2, 0.25) is 0 Å². The predicted octanol–water partition coefficient (Wildman–Crippen LogP) is 3.74. The fourth-order valence-electron chi connectivity index (χ4n) is 1.19. The quantitative estimate of drug-likeness (QED) is 0.719. The van der Waals surface area contributed by atoms with E-state index in [1.54, 1.807) is 13.0 Å². The zero-order chi connectivity index (χ0) is 12.8. The second-order valence-electron chi connectivity index (χ2n) is 3.76. The van der Waals surface area contributed by atoms with E-state index in [9.17, 15) is 13.2 Å². The normalized spacial score (nSPS) is 14.1. The molecule has 0 saturated carbocycles. The highest BCUT2D eigenvalue weighted by atomic mass is 19.4. The van der Waals surface area contributed by atoms with E-state index in [1.807, 2.05) is 0 Å². The molecule has 0 bridgehead atoms. The summed E-state index contributed by atoms with van der Waals surface area (Å²) >= 11 is 0. The molecular formula is C12H18F3N. The third-order valence-corrected chi connectivity index (χ3v) is 2.03. The van der Waals surface area contributed by atoms with Crippen molar-refractivity contribution < 1.29 is 13.2 Å². The third-order valence-electron chi connectivity index (χ3n) is 2.03. The fourth-order valence-corrected chi connectivity index (χ4v) is 1.19. The van der Waals surface area contributed by atoms with Gasteiger partial charge in [-0.05, 0) is 33.2 Å². The van der Waals surface area contributed by atoms with Gasteiger partial charge in [-0.2, -0.15) is 13.2 Å². The molecule has 0 aliphatic carbocycles. The molecule has 0 spiro atoms. The Balaban J connectivity index is 4.51. The topological polar surface area (TPSA) is 26.0 Å². The lowest BCUT2D eigenvalue weighted by Gasteiger charge is -2.06. The minimum absolute atomic E-state index is 0.553. The van der Waals surface area contributed by atoms with Crippen molar-refractivity contribution in [1.29, 1.82) is 0 Å². The molecule has 0 unspecified atom stereocenters. The summed E-state index contributed by atoms with van der Waals surface area (Å²) in [6, 6.07) is 0. The van der Waals surface area contributed by atoms with Crippen LogP contribution in [0.4, 0.5) is 13.2 Å². The third kappa shape index (κ3) is 6.45. The van der Waals surface area contributed by atoms with E-state index in [0.717, 1.165) is 25.0 Å². The van der Waals surface area contributed by atoms with Crippen LogP contribution in [0.2, 0.25) is 0 Å². The molecule has 0 atom stereocenters. The highest BCUT2D eigenvalue weighted by molar-refractivity contribution is 5.30. The van der Waals surface area contributed by atoms with Gasteiger partial charge in [-0.1, -0.05) is 29.9 Å². The first-order valence-electron chi connectivity index (χ1n) is 5.09. The number of nitrogens with two attached hydrogens (primary N) is 1. The molecule has 1 nitrogen and oxygen atoms in total. The Bertz CT molecular complexity index is 298. The van der Waals surface area contributed by atoms with Gasteiger partial charge >= 0.3 is 6.18 Å². The van der Waals surface area contributed by atoms with E-state index in [1.165, 1.54) is 0 Å². The molecule has 0 fully saturated rings. The summed E-state index contributed by atoms with van der Waals surface area (Å²) in [5.74, 6) is 0. The van der Waals surface area contributed by atoms with Crippen LogP contribution < -0.4 is 5.73 Å². The maximum absolute atomic E-state index is 12.2. The lowest BCUT2D eigenvalue weighted by Crippen LogP contribution is -2.08. The van der Waals surface area contributed by atoms with Crippen molar-refractivity contribution in [2.45, 2.75) is 32.9 Å². The Morgan fingerprint density at radius 2 is 1.81 bits per heavy atom. The van der Waals surface area contributed by atoms with Crippen LogP contribution in [-0.2, 0) is 0 Å². The van der Waals surface area contributed by atoms with E-state index in [-0.39, 0.29) is 0 Å². The van der Waals surface area contributed by atoms with Gasteiger partial charge in [0, 0.05) is 5.57 Å². The van der Waals surface area contributed by atoms with Gasteiger partial charge < -0.3 is 5.73 Å². The lowest BCUT2D eigenvalue weighted by atomic mass is 10.1. The van der Waals surface area contributed by atoms with Gasteiger partial charge in [-0.3, -0.25) is 0 Å². The molecule has 0 aliphatic rings. The summed E-state index contributed by atoms with van der Waals surface area (Å²) in [4.78, 5) is 0. The molecule has 0 heterocycles. The van der Waals surface area contributed by atoms with E-state index in [2.05, 4.69) is 6.58 Å². The zero-order valence-electron chi connectivity index (χ0n) is 9.69. The van der Waals surface area contributed by atoms with E-state index >= 15 is 0 Å². The average Bonchev–Trinajstić information content (AvgIpc) is 2.12. The smallest absolute Gasteiger partial charge is 0.330 e. The molecular weight excluding hydrogens is 215 g/mol. The Morgan fingerprint density at radius 1 is 1.25 bits per heavy atom. The van der Waals surface area contributed by atoms with Gasteiger partial charge in [0.25, 0.3) is 0 Å². The van der Waals surface area contributed by atoms with Crippen LogP contribution in [0.15, 0.2) is 35.5 Å². The lowest BCUT2D eigenvalue weighted by molar-refractivity contribution is -0.0913. The van der Waals surface area contributed by atoms with Crippen molar-refractivity contribution in [3.63, 3.8) is 0 Å². The molecule has 16 heavy (non-hydrogen) atoms. The van der Waals surface area contributed by atoms with Crippen LogP contribution in [0, 0.1) is 0 Å². The maximum atomic E-state index is 12.2. The summed E-state index contributed by atoms with van der Waals surface area (Å²) in [5.41, 5.74) is 6.07. The van der Waals surface area contributed by atoms with Crippen molar-refractivity contribution in [2.24, 2.45) is 5.73 Å². The Kier molecular flexibility index (Phi) is 6.11. The molecule has 0 radical (unpaired) electrons. The minimum atomic E-state index is -4.26. The summed E-state index contributed by atoms with van der Waals surface area (Å²) in [7, 11) is 0. The summed E-state index contributed by atoms with van der Waals surface area (Å²) in [6.45, 7) is 7.00. The number of halogens is 3. The van der Waals surface area contributed by atoms with Crippen LogP contribution >= 0.6 is 0 Å². The Hall–Kier alpha value is -1.03. The SMILES string of the molecule is C=C(/C=C(C)\C=C(/C)C(F)(F)F)CCCN. The van der Waals surface area contributed by atoms with Crippen molar-refractivity contribution in [3.05, 3.63) is 35.5 Å². The number of hydrogen-bond donors (Lipinski definition) is 1. The number of alkyl halides is 3. The van der Waals surface area contributed by atoms with Gasteiger partial charge in [0.15, 0.2) is 0 Å². The number of hydrogen-bond acceptors (Lipinski definition) is 1. The second-order valence-corrected chi connectivity index (χ2v) is 3.76. The molecule has 0 aliphatic heterocycles. The molecule has 0 aromatic heterocycles. The van der Waals surface area contributed by atoms with E-state index in [4.69, 9.17) is 5.73 Å². The molecule has 4 heteroatoms. The summed E-state index contributed by atoms with van der Waals surface area (Å²) in [5, 5.41) is 0. The molecule has 0 aromatic rings. The largest absolute Gasteiger partial charge is 0.412 e. The molecule has 0 amide bonds. The molecule has 0 saturated heterocycles. The first-order chi connectivity index (χ1) is 7.27. The van der Waals surface area contributed by atoms with E-state index in [0.29, 0.717) is 18.5 Å².